The minimum Gasteiger partial charge on any atom is -0.490 e. The molecule has 106 valence electrons. The van der Waals surface area contributed by atoms with E-state index in [0.29, 0.717) is 30.4 Å². The highest BCUT2D eigenvalue weighted by Crippen LogP contribution is 2.34. The molecule has 19 heavy (non-hydrogen) atoms. The number of carbonyl (C=O) groups is 1. The number of aryl methyl sites for hydroxylation is 1. The fraction of sp³-hybridized carbons (Fsp3) is 0.500. The molecule has 0 aliphatic carbocycles. The second kappa shape index (κ2) is 7.63. The predicted octanol–water partition coefficient (Wildman–Crippen LogP) is 2.38. The van der Waals surface area contributed by atoms with Crippen molar-refractivity contribution in [3.63, 3.8) is 0 Å². The van der Waals surface area contributed by atoms with Gasteiger partial charge in [0.05, 0.1) is 13.2 Å². The topological polar surface area (TPSA) is 56.8 Å². The van der Waals surface area contributed by atoms with E-state index >= 15 is 0 Å². The molecule has 1 aromatic rings. The van der Waals surface area contributed by atoms with Crippen LogP contribution in [-0.4, -0.2) is 32.8 Å². The zero-order chi connectivity index (χ0) is 14.3. The van der Waals surface area contributed by atoms with Gasteiger partial charge < -0.3 is 19.5 Å². The number of anilines is 1. The summed E-state index contributed by atoms with van der Waals surface area (Å²) in [5.41, 5.74) is 1.59. The van der Waals surface area contributed by atoms with Crippen LogP contribution in [0.2, 0.25) is 0 Å². The molecule has 0 heterocycles. The number of rotatable bonds is 7. The Balaban J connectivity index is 2.98. The Morgan fingerprint density at radius 2 is 1.89 bits per heavy atom. The molecule has 0 aliphatic heterocycles. The molecule has 0 unspecified atom stereocenters. The number of amides is 1. The van der Waals surface area contributed by atoms with Crippen molar-refractivity contribution in [3.8, 4) is 11.5 Å². The molecule has 0 atom stereocenters. The molecule has 0 saturated heterocycles. The molecule has 0 aromatic heterocycles. The molecule has 1 amide bonds. The van der Waals surface area contributed by atoms with E-state index in [1.807, 2.05) is 26.8 Å². The van der Waals surface area contributed by atoms with E-state index in [1.54, 1.807) is 6.07 Å². The zero-order valence-electron chi connectivity index (χ0n) is 11.9. The second-order valence-corrected chi connectivity index (χ2v) is 3.97. The Hall–Kier alpha value is -1.75. The maximum Gasteiger partial charge on any atom is 0.250 e. The number of carbonyl (C=O) groups excluding carboxylic acids is 1. The summed E-state index contributed by atoms with van der Waals surface area (Å²) < 4.78 is 15.9. The fourth-order valence-corrected chi connectivity index (χ4v) is 1.73. The summed E-state index contributed by atoms with van der Waals surface area (Å²) in [4.78, 5) is 11.5. The van der Waals surface area contributed by atoms with Gasteiger partial charge in [-0.2, -0.15) is 0 Å². The first-order chi connectivity index (χ1) is 9.12. The molecule has 1 N–H and O–H groups in total. The first-order valence-electron chi connectivity index (χ1n) is 6.31. The molecule has 0 radical (unpaired) electrons. The average molecular weight is 267 g/mol. The minimum absolute atomic E-state index is 0.0240. The summed E-state index contributed by atoms with van der Waals surface area (Å²) >= 11 is 0. The van der Waals surface area contributed by atoms with Gasteiger partial charge in [0.1, 0.15) is 6.61 Å². The molecule has 5 heteroatoms. The largest absolute Gasteiger partial charge is 0.490 e. The lowest BCUT2D eigenvalue weighted by Crippen LogP contribution is -2.17. The number of methoxy groups -OCH3 is 1. The van der Waals surface area contributed by atoms with Crippen LogP contribution in [-0.2, 0) is 9.53 Å². The van der Waals surface area contributed by atoms with Crippen LogP contribution in [0.3, 0.4) is 0 Å². The lowest BCUT2D eigenvalue weighted by Gasteiger charge is -2.15. The van der Waals surface area contributed by atoms with E-state index in [-0.39, 0.29) is 12.5 Å². The summed E-state index contributed by atoms with van der Waals surface area (Å²) in [7, 11) is 1.48. The quantitative estimate of drug-likeness (QED) is 0.824. The summed E-state index contributed by atoms with van der Waals surface area (Å²) in [6.07, 6.45) is 0. The summed E-state index contributed by atoms with van der Waals surface area (Å²) in [5.74, 6) is 1.15. The van der Waals surface area contributed by atoms with E-state index in [2.05, 4.69) is 5.32 Å². The molecule has 1 rings (SSSR count). The van der Waals surface area contributed by atoms with Crippen LogP contribution in [0, 0.1) is 6.92 Å². The van der Waals surface area contributed by atoms with Crippen molar-refractivity contribution in [2.75, 3.05) is 32.2 Å². The van der Waals surface area contributed by atoms with Crippen molar-refractivity contribution in [1.29, 1.82) is 0 Å². The van der Waals surface area contributed by atoms with Crippen molar-refractivity contribution < 1.29 is 19.0 Å². The molecule has 1 aromatic carbocycles. The molecule has 0 fully saturated rings. The smallest absolute Gasteiger partial charge is 0.250 e. The maximum atomic E-state index is 11.5. The van der Waals surface area contributed by atoms with Gasteiger partial charge in [-0.25, -0.2) is 0 Å². The molecule has 0 saturated carbocycles. The van der Waals surface area contributed by atoms with Crippen LogP contribution in [0.25, 0.3) is 0 Å². The zero-order valence-corrected chi connectivity index (χ0v) is 11.9. The Morgan fingerprint density at radius 1 is 1.21 bits per heavy atom. The van der Waals surface area contributed by atoms with Crippen molar-refractivity contribution >= 4 is 11.6 Å². The fourth-order valence-electron chi connectivity index (χ4n) is 1.73. The van der Waals surface area contributed by atoms with E-state index in [1.165, 1.54) is 7.11 Å². The molecular weight excluding hydrogens is 246 g/mol. The summed E-state index contributed by atoms with van der Waals surface area (Å²) in [6.45, 7) is 6.87. The van der Waals surface area contributed by atoms with Gasteiger partial charge in [0.2, 0.25) is 5.91 Å². The molecule has 5 nitrogen and oxygen atoms in total. The third kappa shape index (κ3) is 4.44. The number of benzene rings is 1. The minimum atomic E-state index is -0.200. The first kappa shape index (κ1) is 15.3. The van der Waals surface area contributed by atoms with Crippen molar-refractivity contribution in [1.82, 2.24) is 0 Å². The van der Waals surface area contributed by atoms with Gasteiger partial charge in [-0.3, -0.25) is 4.79 Å². The molecule has 0 aliphatic rings. The third-order valence-electron chi connectivity index (χ3n) is 2.39. The standard InChI is InChI=1S/C14H21NO4/c1-5-18-12-8-11(15-13(16)9-17-4)7-10(3)14(12)19-6-2/h7-8H,5-6,9H2,1-4H3,(H,15,16). The lowest BCUT2D eigenvalue weighted by molar-refractivity contribution is -0.119. The highest BCUT2D eigenvalue weighted by Gasteiger charge is 2.12. The number of ether oxygens (including phenoxy) is 3. The highest BCUT2D eigenvalue weighted by atomic mass is 16.5. The van der Waals surface area contributed by atoms with Crippen LogP contribution in [0.1, 0.15) is 19.4 Å². The predicted molar refractivity (Wildman–Crippen MR) is 74.0 cm³/mol. The molecule has 0 spiro atoms. The van der Waals surface area contributed by atoms with Gasteiger partial charge >= 0.3 is 0 Å². The van der Waals surface area contributed by atoms with E-state index < -0.39 is 0 Å². The van der Waals surface area contributed by atoms with Crippen LogP contribution >= 0.6 is 0 Å². The van der Waals surface area contributed by atoms with Crippen molar-refractivity contribution in [2.24, 2.45) is 0 Å². The van der Waals surface area contributed by atoms with Gasteiger partial charge in [-0.1, -0.05) is 0 Å². The van der Waals surface area contributed by atoms with Crippen LogP contribution < -0.4 is 14.8 Å². The Bertz CT molecular complexity index is 432. The van der Waals surface area contributed by atoms with E-state index in [4.69, 9.17) is 14.2 Å². The SMILES string of the molecule is CCOc1cc(NC(=O)COC)cc(C)c1OCC. The number of hydrogen-bond acceptors (Lipinski definition) is 4. The Labute approximate surface area is 113 Å². The average Bonchev–Trinajstić information content (AvgIpc) is 2.34. The van der Waals surface area contributed by atoms with Gasteiger partial charge in [0.15, 0.2) is 11.5 Å². The second-order valence-electron chi connectivity index (χ2n) is 3.97. The highest BCUT2D eigenvalue weighted by molar-refractivity contribution is 5.92. The summed E-state index contributed by atoms with van der Waals surface area (Å²) in [6, 6.07) is 3.61. The van der Waals surface area contributed by atoms with Crippen LogP contribution in [0.4, 0.5) is 5.69 Å². The van der Waals surface area contributed by atoms with Gasteiger partial charge in [-0.15, -0.1) is 0 Å². The van der Waals surface area contributed by atoms with Crippen molar-refractivity contribution in [3.05, 3.63) is 17.7 Å². The number of nitrogens with one attached hydrogen (secondary N) is 1. The maximum absolute atomic E-state index is 11.5. The monoisotopic (exact) mass is 267 g/mol. The normalized spacial score (nSPS) is 10.1. The van der Waals surface area contributed by atoms with Crippen LogP contribution in [0.15, 0.2) is 12.1 Å². The Kier molecular flexibility index (Phi) is 6.15. The van der Waals surface area contributed by atoms with Gasteiger partial charge in [0, 0.05) is 18.9 Å². The molecule has 0 bridgehead atoms. The Morgan fingerprint density at radius 3 is 2.47 bits per heavy atom. The van der Waals surface area contributed by atoms with Gasteiger partial charge in [0.25, 0.3) is 0 Å². The van der Waals surface area contributed by atoms with Crippen LogP contribution in [0.5, 0.6) is 11.5 Å². The molecular formula is C14H21NO4. The summed E-state index contributed by atoms with van der Waals surface area (Å²) in [5, 5.41) is 2.75. The first-order valence-corrected chi connectivity index (χ1v) is 6.31. The number of hydrogen-bond donors (Lipinski definition) is 1. The van der Waals surface area contributed by atoms with E-state index in [0.717, 1.165) is 5.56 Å². The third-order valence-corrected chi connectivity index (χ3v) is 2.39. The van der Waals surface area contributed by atoms with Gasteiger partial charge in [-0.05, 0) is 32.4 Å². The lowest BCUT2D eigenvalue weighted by atomic mass is 10.1. The van der Waals surface area contributed by atoms with Crippen molar-refractivity contribution in [2.45, 2.75) is 20.8 Å². The van der Waals surface area contributed by atoms with E-state index in [9.17, 15) is 4.79 Å².